The van der Waals surface area contributed by atoms with E-state index >= 15 is 0 Å². The molecule has 1 aromatic rings. The highest BCUT2D eigenvalue weighted by Gasteiger charge is 2.09. The van der Waals surface area contributed by atoms with Crippen LogP contribution in [0, 0.1) is 0 Å². The molecule has 0 fully saturated rings. The summed E-state index contributed by atoms with van der Waals surface area (Å²) in [5, 5.41) is 3.14. The van der Waals surface area contributed by atoms with Crippen molar-refractivity contribution in [2.75, 3.05) is 31.4 Å². The van der Waals surface area contributed by atoms with Gasteiger partial charge in [0.15, 0.2) is 0 Å². The van der Waals surface area contributed by atoms with Gasteiger partial charge in [-0.05, 0) is 19.1 Å². The Morgan fingerprint density at radius 1 is 1.50 bits per heavy atom. The summed E-state index contributed by atoms with van der Waals surface area (Å²) in [5.74, 6) is 1.18. The zero-order chi connectivity index (χ0) is 13.7. The molecule has 0 saturated heterocycles. The molecule has 0 aliphatic carbocycles. The summed E-state index contributed by atoms with van der Waals surface area (Å²) >= 11 is 0. The molecule has 0 spiro atoms. The first kappa shape index (κ1) is 14.6. The molecule has 5 nitrogen and oxygen atoms in total. The third kappa shape index (κ3) is 4.44. The third-order valence-electron chi connectivity index (χ3n) is 2.30. The molecule has 18 heavy (non-hydrogen) atoms. The standard InChI is InChI=1S/C12H19N3O2S/c1-9(8-18(4)17)14-11-6-5-10(7-13-11)12(16)15(2)3/h5-7,9H,8H2,1-4H3,(H,13,14). The summed E-state index contributed by atoms with van der Waals surface area (Å²) in [6.45, 7) is 1.95. The van der Waals surface area contributed by atoms with Crippen molar-refractivity contribution < 1.29 is 9.00 Å². The Morgan fingerprint density at radius 2 is 2.17 bits per heavy atom. The Balaban J connectivity index is 2.66. The molecule has 1 amide bonds. The van der Waals surface area contributed by atoms with E-state index in [0.717, 1.165) is 0 Å². The number of hydrogen-bond donors (Lipinski definition) is 1. The smallest absolute Gasteiger partial charge is 0.254 e. The zero-order valence-electron chi connectivity index (χ0n) is 11.1. The van der Waals surface area contributed by atoms with E-state index in [9.17, 15) is 9.00 Å². The minimum Gasteiger partial charge on any atom is -0.367 e. The van der Waals surface area contributed by atoms with E-state index < -0.39 is 10.8 Å². The Morgan fingerprint density at radius 3 is 2.61 bits per heavy atom. The van der Waals surface area contributed by atoms with Gasteiger partial charge in [0.1, 0.15) is 5.82 Å². The number of nitrogens with one attached hydrogen (secondary N) is 1. The van der Waals surface area contributed by atoms with E-state index in [2.05, 4.69) is 10.3 Å². The predicted molar refractivity (Wildman–Crippen MR) is 74.3 cm³/mol. The molecule has 100 valence electrons. The minimum atomic E-state index is -0.838. The number of carbonyl (C=O) groups excluding carboxylic acids is 1. The minimum absolute atomic E-state index is 0.0724. The molecule has 6 heteroatoms. The second-order valence-electron chi connectivity index (χ2n) is 4.42. The van der Waals surface area contributed by atoms with Crippen molar-refractivity contribution >= 4 is 22.5 Å². The van der Waals surface area contributed by atoms with E-state index in [1.54, 1.807) is 38.7 Å². The van der Waals surface area contributed by atoms with Gasteiger partial charge < -0.3 is 10.2 Å². The van der Waals surface area contributed by atoms with Crippen LogP contribution in [0.1, 0.15) is 17.3 Å². The van der Waals surface area contributed by atoms with Gasteiger partial charge in [-0.2, -0.15) is 0 Å². The lowest BCUT2D eigenvalue weighted by Crippen LogP contribution is -2.24. The Bertz CT molecular complexity index is 431. The summed E-state index contributed by atoms with van der Waals surface area (Å²) in [5.41, 5.74) is 0.553. The largest absolute Gasteiger partial charge is 0.367 e. The van der Waals surface area contributed by atoms with Crippen LogP contribution in [-0.2, 0) is 10.8 Å². The van der Waals surface area contributed by atoms with Gasteiger partial charge in [0, 0.05) is 49.1 Å². The summed E-state index contributed by atoms with van der Waals surface area (Å²) in [6, 6.07) is 3.57. The highest BCUT2D eigenvalue weighted by Crippen LogP contribution is 2.08. The number of pyridine rings is 1. The van der Waals surface area contributed by atoms with Gasteiger partial charge in [0.2, 0.25) is 0 Å². The van der Waals surface area contributed by atoms with Gasteiger partial charge in [-0.1, -0.05) is 0 Å². The quantitative estimate of drug-likeness (QED) is 0.865. The molecule has 0 radical (unpaired) electrons. The lowest BCUT2D eigenvalue weighted by molar-refractivity contribution is 0.0827. The Hall–Kier alpha value is -1.43. The maximum Gasteiger partial charge on any atom is 0.254 e. The monoisotopic (exact) mass is 269 g/mol. The molecule has 1 rings (SSSR count). The number of amides is 1. The molecule has 0 aliphatic rings. The molecule has 1 N–H and O–H groups in total. The van der Waals surface area contributed by atoms with Crippen molar-refractivity contribution in [3.63, 3.8) is 0 Å². The van der Waals surface area contributed by atoms with E-state index in [-0.39, 0.29) is 11.9 Å². The average molecular weight is 269 g/mol. The molecule has 0 saturated carbocycles. The molecule has 1 aromatic heterocycles. The molecule has 0 aliphatic heterocycles. The lowest BCUT2D eigenvalue weighted by atomic mass is 10.2. The predicted octanol–water partition coefficient (Wildman–Crippen LogP) is 0.962. The fraction of sp³-hybridized carbons (Fsp3) is 0.500. The highest BCUT2D eigenvalue weighted by molar-refractivity contribution is 7.84. The summed E-state index contributed by atoms with van der Waals surface area (Å²) < 4.78 is 11.1. The van der Waals surface area contributed by atoms with Gasteiger partial charge >= 0.3 is 0 Å². The van der Waals surface area contributed by atoms with Crippen LogP contribution in [0.2, 0.25) is 0 Å². The summed E-state index contributed by atoms with van der Waals surface area (Å²) in [6.07, 6.45) is 3.21. The molecule has 0 bridgehead atoms. The Kier molecular flexibility index (Phi) is 5.27. The second kappa shape index (κ2) is 6.49. The molecule has 1 heterocycles. The summed E-state index contributed by atoms with van der Waals surface area (Å²) in [7, 11) is 2.56. The van der Waals surface area contributed by atoms with Gasteiger partial charge in [-0.25, -0.2) is 4.98 Å². The number of rotatable bonds is 5. The lowest BCUT2D eigenvalue weighted by Gasteiger charge is -2.14. The fourth-order valence-corrected chi connectivity index (χ4v) is 2.30. The molecular weight excluding hydrogens is 250 g/mol. The number of nitrogens with zero attached hydrogens (tertiary/aromatic N) is 2. The SMILES string of the molecule is CC(CS(C)=O)Nc1ccc(C(=O)N(C)C)cn1. The van der Waals surface area contributed by atoms with Crippen LogP contribution in [0.25, 0.3) is 0 Å². The van der Waals surface area contributed by atoms with Crippen LogP contribution in [0.3, 0.4) is 0 Å². The van der Waals surface area contributed by atoms with Crippen LogP contribution in [0.5, 0.6) is 0 Å². The number of anilines is 1. The van der Waals surface area contributed by atoms with Crippen LogP contribution < -0.4 is 5.32 Å². The van der Waals surface area contributed by atoms with E-state index in [0.29, 0.717) is 17.1 Å². The topological polar surface area (TPSA) is 62.3 Å². The van der Waals surface area contributed by atoms with Gasteiger partial charge in [-0.15, -0.1) is 0 Å². The zero-order valence-corrected chi connectivity index (χ0v) is 12.0. The normalized spacial score (nSPS) is 13.8. The van der Waals surface area contributed by atoms with Gasteiger partial charge in [0.25, 0.3) is 5.91 Å². The van der Waals surface area contributed by atoms with Crippen LogP contribution in [-0.4, -0.2) is 52.1 Å². The number of hydrogen-bond acceptors (Lipinski definition) is 4. The number of carbonyl (C=O) groups is 1. The van der Waals surface area contributed by atoms with Crippen LogP contribution in [0.4, 0.5) is 5.82 Å². The average Bonchev–Trinajstić information content (AvgIpc) is 2.27. The second-order valence-corrected chi connectivity index (χ2v) is 5.90. The third-order valence-corrected chi connectivity index (χ3v) is 3.27. The number of aromatic nitrogens is 1. The summed E-state index contributed by atoms with van der Waals surface area (Å²) in [4.78, 5) is 17.3. The van der Waals surface area contributed by atoms with Crippen molar-refractivity contribution in [2.24, 2.45) is 0 Å². The van der Waals surface area contributed by atoms with Crippen molar-refractivity contribution in [1.29, 1.82) is 0 Å². The van der Waals surface area contributed by atoms with Crippen molar-refractivity contribution in [2.45, 2.75) is 13.0 Å². The first-order chi connectivity index (χ1) is 8.40. The first-order valence-electron chi connectivity index (χ1n) is 5.64. The highest BCUT2D eigenvalue weighted by atomic mass is 32.2. The van der Waals surface area contributed by atoms with Gasteiger partial charge in [0.05, 0.1) is 5.56 Å². The Labute approximate surface area is 110 Å². The van der Waals surface area contributed by atoms with Gasteiger partial charge in [-0.3, -0.25) is 9.00 Å². The van der Waals surface area contributed by atoms with Crippen molar-refractivity contribution in [3.05, 3.63) is 23.9 Å². The fourth-order valence-electron chi connectivity index (χ4n) is 1.51. The van der Waals surface area contributed by atoms with E-state index in [1.807, 2.05) is 6.92 Å². The molecule has 2 unspecified atom stereocenters. The van der Waals surface area contributed by atoms with Crippen molar-refractivity contribution in [3.8, 4) is 0 Å². The molecular formula is C12H19N3O2S. The van der Waals surface area contributed by atoms with Crippen LogP contribution in [0.15, 0.2) is 18.3 Å². The van der Waals surface area contributed by atoms with Crippen molar-refractivity contribution in [1.82, 2.24) is 9.88 Å². The first-order valence-corrected chi connectivity index (χ1v) is 7.37. The maximum atomic E-state index is 11.6. The molecule has 2 atom stereocenters. The van der Waals surface area contributed by atoms with E-state index in [4.69, 9.17) is 0 Å². The van der Waals surface area contributed by atoms with Crippen LogP contribution >= 0.6 is 0 Å². The molecule has 0 aromatic carbocycles. The van der Waals surface area contributed by atoms with E-state index in [1.165, 1.54) is 4.90 Å². The maximum absolute atomic E-state index is 11.6.